The van der Waals surface area contributed by atoms with Gasteiger partial charge >= 0.3 is 21.1 Å². The number of benzene rings is 8. The largest absolute Gasteiger partial charge is 2.00 e. The molecule has 2 aromatic heterocycles. The summed E-state index contributed by atoms with van der Waals surface area (Å²) in [5, 5.41) is 14.3. The summed E-state index contributed by atoms with van der Waals surface area (Å²) < 4.78 is 25.0. The Morgan fingerprint density at radius 2 is 0.481 bits per heavy atom. The summed E-state index contributed by atoms with van der Waals surface area (Å²) in [6, 6.07) is 54.9. The van der Waals surface area contributed by atoms with Crippen molar-refractivity contribution in [1.29, 1.82) is 0 Å². The minimum absolute atomic E-state index is 0. The third-order valence-corrected chi connectivity index (χ3v) is 19.0. The van der Waals surface area contributed by atoms with Crippen molar-refractivity contribution in [3.63, 3.8) is 0 Å². The molecular weight excluding hydrogens is 1180 g/mol. The minimum Gasteiger partial charge on any atom is -0.656 e. The van der Waals surface area contributed by atoms with Crippen LogP contribution in [0.15, 0.2) is 146 Å². The molecule has 0 saturated carbocycles. The number of hydrogen-bond donors (Lipinski definition) is 0. The predicted molar refractivity (Wildman–Crippen MR) is 324 cm³/mol. The normalized spacial score (nSPS) is 17.6. The zero-order valence-corrected chi connectivity index (χ0v) is 47.5. The predicted octanol–water partition coefficient (Wildman–Crippen LogP) is 16.7. The Labute approximate surface area is 484 Å². The third kappa shape index (κ3) is 8.10. The Morgan fingerprint density at radius 1 is 0.284 bits per heavy atom. The SMILES string of the molecule is [Pt+2].c1ccc2cc3c(cc2c1)-c1nc-3c(C2CCOCC2)c2[n-]c(c(C3CCOCC3)c3nc(c(C4CCOCC4)c4[n-]c(c1C1CCOCC1)c1cc5ccccc5cc41)-c1cc4ccccc4cc1-3)c1cc3ccccc3cc21. The number of nitrogens with zero attached hydrogens (tertiary/aromatic N) is 4. The van der Waals surface area contributed by atoms with Gasteiger partial charge in [0.2, 0.25) is 0 Å². The van der Waals surface area contributed by atoms with Crippen molar-refractivity contribution >= 4 is 86.7 Å². The van der Waals surface area contributed by atoms with E-state index in [1.165, 1.54) is 65.3 Å². The van der Waals surface area contributed by atoms with E-state index in [9.17, 15) is 0 Å². The first-order valence-corrected chi connectivity index (χ1v) is 29.4. The van der Waals surface area contributed by atoms with E-state index in [0.717, 1.165) is 140 Å². The fraction of sp³-hybridized carbons (Fsp3) is 0.278. The van der Waals surface area contributed by atoms with E-state index in [2.05, 4.69) is 146 Å². The maximum absolute atomic E-state index is 6.27. The van der Waals surface area contributed by atoms with Gasteiger partial charge < -0.3 is 28.9 Å². The minimum atomic E-state index is 0. The van der Waals surface area contributed by atoms with Gasteiger partial charge in [-0.05, 0) is 210 Å². The molecular formula is C72H60N4O4Pt. The summed E-state index contributed by atoms with van der Waals surface area (Å²) in [5.74, 6) is 0.551. The molecule has 0 radical (unpaired) electrons. The molecule has 8 nitrogen and oxygen atoms in total. The number of rotatable bonds is 4. The first-order valence-electron chi connectivity index (χ1n) is 29.4. The molecule has 402 valence electrons. The fourth-order valence-corrected chi connectivity index (χ4v) is 15.0. The van der Waals surface area contributed by atoms with Gasteiger partial charge in [-0.15, -0.1) is 22.1 Å². The van der Waals surface area contributed by atoms with Gasteiger partial charge in [0.15, 0.2) is 0 Å². The molecule has 9 heteroatoms. The van der Waals surface area contributed by atoms with Crippen LogP contribution in [0.1, 0.15) is 97.3 Å². The van der Waals surface area contributed by atoms with Crippen molar-refractivity contribution < 1.29 is 40.0 Å². The van der Waals surface area contributed by atoms with Crippen molar-refractivity contribution in [1.82, 2.24) is 19.9 Å². The molecule has 4 saturated heterocycles. The number of fused-ring (bicyclic) bond motifs is 4. The van der Waals surface area contributed by atoms with Crippen LogP contribution in [0.3, 0.4) is 0 Å². The summed E-state index contributed by atoms with van der Waals surface area (Å²) in [7, 11) is 0. The second kappa shape index (κ2) is 20.1. The molecule has 8 aromatic carbocycles. The van der Waals surface area contributed by atoms with Crippen LogP contribution in [-0.2, 0) is 40.0 Å². The summed E-state index contributed by atoms with van der Waals surface area (Å²) in [6.45, 7) is 5.46. The molecule has 1 aliphatic carbocycles. The Balaban J connectivity index is 0.00000542. The quantitative estimate of drug-likeness (QED) is 0.172. The van der Waals surface area contributed by atoms with E-state index in [1.807, 2.05) is 0 Å². The second-order valence-electron chi connectivity index (χ2n) is 23.4. The van der Waals surface area contributed by atoms with Crippen LogP contribution in [0.2, 0.25) is 0 Å². The monoisotopic (exact) mass is 1240 g/mol. The smallest absolute Gasteiger partial charge is 0.656 e. The molecule has 0 N–H and O–H groups in total. The average Bonchev–Trinajstić information content (AvgIpc) is 3.51. The van der Waals surface area contributed by atoms with Crippen LogP contribution in [0.4, 0.5) is 0 Å². The molecule has 0 amide bonds. The second-order valence-corrected chi connectivity index (χ2v) is 23.4. The number of aromatic nitrogens is 4. The molecule has 10 aromatic rings. The summed E-state index contributed by atoms with van der Waals surface area (Å²) in [6.07, 6.45) is 6.99. The summed E-state index contributed by atoms with van der Waals surface area (Å²) in [4.78, 5) is 25.1. The Morgan fingerprint density at radius 3 is 0.691 bits per heavy atom. The van der Waals surface area contributed by atoms with Gasteiger partial charge in [-0.3, -0.25) is 0 Å². The number of ether oxygens (including phenoxy) is 4. The Bertz CT molecular complexity index is 3990. The van der Waals surface area contributed by atoms with E-state index in [-0.39, 0.29) is 44.7 Å². The van der Waals surface area contributed by atoms with E-state index in [4.69, 9.17) is 38.9 Å². The fourth-order valence-electron chi connectivity index (χ4n) is 15.0. The molecule has 8 bridgehead atoms. The molecule has 4 fully saturated rings. The van der Waals surface area contributed by atoms with Gasteiger partial charge in [0.1, 0.15) is 0 Å². The van der Waals surface area contributed by atoms with Crippen LogP contribution in [-0.4, -0.2) is 62.8 Å². The Hall–Kier alpha value is -7.03. The molecule has 6 aliphatic heterocycles. The first kappa shape index (κ1) is 49.8. The van der Waals surface area contributed by atoms with Crippen molar-refractivity contribution in [2.24, 2.45) is 0 Å². The van der Waals surface area contributed by atoms with Crippen molar-refractivity contribution in [3.05, 3.63) is 168 Å². The van der Waals surface area contributed by atoms with Crippen LogP contribution in [0.5, 0.6) is 0 Å². The zero-order chi connectivity index (χ0) is 52.4. The van der Waals surface area contributed by atoms with Gasteiger partial charge in [-0.2, -0.15) is 0 Å². The average molecular weight is 1240 g/mol. The van der Waals surface area contributed by atoms with Crippen LogP contribution in [0.25, 0.3) is 132 Å². The molecule has 7 aliphatic rings. The third-order valence-electron chi connectivity index (χ3n) is 19.0. The van der Waals surface area contributed by atoms with E-state index >= 15 is 0 Å². The van der Waals surface area contributed by atoms with Crippen molar-refractivity contribution in [2.45, 2.75) is 75.0 Å². The molecule has 0 atom stereocenters. The summed E-state index contributed by atoms with van der Waals surface area (Å²) >= 11 is 0. The van der Waals surface area contributed by atoms with Gasteiger partial charge in [-0.1, -0.05) is 97.1 Å². The maximum atomic E-state index is 6.27. The van der Waals surface area contributed by atoms with Gasteiger partial charge in [0.05, 0.1) is 22.8 Å². The molecule has 0 unspecified atom stereocenters. The van der Waals surface area contributed by atoms with Crippen LogP contribution < -0.4 is 9.97 Å². The van der Waals surface area contributed by atoms with E-state index < -0.39 is 0 Å². The molecule has 81 heavy (non-hydrogen) atoms. The van der Waals surface area contributed by atoms with Crippen LogP contribution in [0, 0.1) is 0 Å². The topological polar surface area (TPSA) is 90.9 Å². The zero-order valence-electron chi connectivity index (χ0n) is 45.2. The standard InChI is InChI=1S/C72H60N4O4.Pt/c1-2-10-46-34-54-53(33-45(46)9-1)65-61(41-17-25-77-26-18-41)67-55-35-47-11-3-4-12-48(47)36-56(55)69(74-67)63(43-21-29-79-30-22-43)71-59-39-51-15-7-8-16-52(51)40-60(59)72(76-71)64(44-23-31-80-32-24-44)70-58-38-50-14-6-5-13-49(50)37-57(58)68(75-70)62(66(54)73-65)42-19-27-78-28-20-42;/h1-16,33-44H,17-32H2;/q-2;+2. The molecule has 8 heterocycles. The maximum Gasteiger partial charge on any atom is 2.00 e. The number of hydrogen-bond acceptors (Lipinski definition) is 6. The van der Waals surface area contributed by atoms with Crippen molar-refractivity contribution in [3.8, 4) is 45.0 Å². The van der Waals surface area contributed by atoms with E-state index in [0.29, 0.717) is 52.9 Å². The molecule has 17 rings (SSSR count). The van der Waals surface area contributed by atoms with Gasteiger partial charge in [0.25, 0.3) is 0 Å². The van der Waals surface area contributed by atoms with Gasteiger partial charge in [-0.25, -0.2) is 9.97 Å². The summed E-state index contributed by atoms with van der Waals surface area (Å²) in [5.41, 5.74) is 17.7. The van der Waals surface area contributed by atoms with E-state index in [1.54, 1.807) is 0 Å². The van der Waals surface area contributed by atoms with Crippen molar-refractivity contribution in [2.75, 3.05) is 52.9 Å². The van der Waals surface area contributed by atoms with Crippen LogP contribution >= 0.6 is 0 Å². The Kier molecular flexibility index (Phi) is 12.4. The van der Waals surface area contributed by atoms with Gasteiger partial charge in [0, 0.05) is 75.1 Å². The first-order chi connectivity index (χ1) is 39.7. The molecule has 0 spiro atoms.